The summed E-state index contributed by atoms with van der Waals surface area (Å²) in [6.07, 6.45) is 4.10. The van der Waals surface area contributed by atoms with Crippen LogP contribution in [0.3, 0.4) is 0 Å². The Balaban J connectivity index is 2.03. The van der Waals surface area contributed by atoms with Crippen LogP contribution >= 0.6 is 0 Å². The van der Waals surface area contributed by atoms with E-state index < -0.39 is 4.92 Å². The molecule has 1 fully saturated rings. The monoisotopic (exact) mass is 295 g/mol. The minimum absolute atomic E-state index is 0.100. The highest BCUT2D eigenvalue weighted by atomic mass is 16.6. The highest BCUT2D eigenvalue weighted by molar-refractivity contribution is 5.57. The number of rotatable bonds is 8. The lowest BCUT2D eigenvalue weighted by atomic mass is 9.89. The van der Waals surface area contributed by atoms with Gasteiger partial charge in [0.15, 0.2) is 0 Å². The number of anilines is 2. The Bertz CT molecular complexity index is 491. The summed E-state index contributed by atoms with van der Waals surface area (Å²) in [5.74, 6) is 0.680. The molecule has 0 aromatic carbocycles. The van der Waals surface area contributed by atoms with E-state index in [1.807, 2.05) is 13.8 Å². The fraction of sp³-hybridized carbons (Fsp3) is 0.692. The van der Waals surface area contributed by atoms with Crippen LogP contribution < -0.4 is 10.6 Å². The zero-order valence-electron chi connectivity index (χ0n) is 12.3. The Morgan fingerprint density at radius 2 is 2.24 bits per heavy atom. The minimum atomic E-state index is -0.468. The van der Waals surface area contributed by atoms with Crippen molar-refractivity contribution in [3.05, 3.63) is 16.3 Å². The molecule has 21 heavy (non-hydrogen) atoms. The number of aromatic nitrogens is 2. The average Bonchev–Trinajstić information content (AvgIpc) is 2.42. The molecule has 2 rings (SSSR count). The number of hydrogen-bond donors (Lipinski definition) is 2. The van der Waals surface area contributed by atoms with Crippen LogP contribution in [0.1, 0.15) is 33.1 Å². The molecular weight excluding hydrogens is 274 g/mol. The van der Waals surface area contributed by atoms with Crippen LogP contribution in [0.5, 0.6) is 0 Å². The second kappa shape index (κ2) is 7.16. The first-order chi connectivity index (χ1) is 10.1. The van der Waals surface area contributed by atoms with Crippen LogP contribution in [-0.2, 0) is 4.74 Å². The summed E-state index contributed by atoms with van der Waals surface area (Å²) in [7, 11) is 0. The molecule has 0 amide bonds. The van der Waals surface area contributed by atoms with Gasteiger partial charge in [-0.15, -0.1) is 0 Å². The SMILES string of the molecule is CCCNc1ncc([N+](=O)[O-])c(NC2CC(OCC)C2)n1. The molecular formula is C13H21N5O3. The molecule has 0 atom stereocenters. The average molecular weight is 295 g/mol. The van der Waals surface area contributed by atoms with Crippen LogP contribution in [0.4, 0.5) is 17.5 Å². The van der Waals surface area contributed by atoms with E-state index in [0.29, 0.717) is 12.6 Å². The van der Waals surface area contributed by atoms with E-state index in [0.717, 1.165) is 25.8 Å². The molecule has 0 saturated heterocycles. The topological polar surface area (TPSA) is 102 Å². The summed E-state index contributed by atoms with van der Waals surface area (Å²) in [5, 5.41) is 17.2. The van der Waals surface area contributed by atoms with Crippen LogP contribution in [-0.4, -0.2) is 40.2 Å². The maximum absolute atomic E-state index is 11.0. The molecule has 116 valence electrons. The maximum Gasteiger partial charge on any atom is 0.329 e. The highest BCUT2D eigenvalue weighted by Crippen LogP contribution is 2.30. The van der Waals surface area contributed by atoms with Gasteiger partial charge in [0.2, 0.25) is 11.8 Å². The predicted molar refractivity (Wildman–Crippen MR) is 79.5 cm³/mol. The van der Waals surface area contributed by atoms with Gasteiger partial charge in [0.05, 0.1) is 11.0 Å². The van der Waals surface area contributed by atoms with Crippen molar-refractivity contribution in [3.8, 4) is 0 Å². The summed E-state index contributed by atoms with van der Waals surface area (Å²) < 4.78 is 5.48. The first-order valence-corrected chi connectivity index (χ1v) is 7.27. The Hall–Kier alpha value is -1.96. The number of nitrogens with zero attached hydrogens (tertiary/aromatic N) is 3. The number of nitrogens with one attached hydrogen (secondary N) is 2. The number of ether oxygens (including phenoxy) is 1. The van der Waals surface area contributed by atoms with Crippen molar-refractivity contribution in [2.75, 3.05) is 23.8 Å². The third kappa shape index (κ3) is 4.01. The maximum atomic E-state index is 11.0. The van der Waals surface area contributed by atoms with Crippen LogP contribution in [0, 0.1) is 10.1 Å². The van der Waals surface area contributed by atoms with Crippen LogP contribution in [0.15, 0.2) is 6.20 Å². The lowest BCUT2D eigenvalue weighted by Crippen LogP contribution is -2.41. The molecule has 1 aromatic rings. The van der Waals surface area contributed by atoms with E-state index in [-0.39, 0.29) is 23.7 Å². The van der Waals surface area contributed by atoms with E-state index in [4.69, 9.17) is 4.74 Å². The molecule has 0 spiro atoms. The van der Waals surface area contributed by atoms with Gasteiger partial charge >= 0.3 is 5.69 Å². The molecule has 0 radical (unpaired) electrons. The van der Waals surface area contributed by atoms with Gasteiger partial charge in [0.1, 0.15) is 6.20 Å². The molecule has 8 nitrogen and oxygen atoms in total. The largest absolute Gasteiger partial charge is 0.378 e. The summed E-state index contributed by atoms with van der Waals surface area (Å²) in [6, 6.07) is 0.161. The second-order valence-corrected chi connectivity index (χ2v) is 5.00. The van der Waals surface area contributed by atoms with Crippen molar-refractivity contribution in [2.24, 2.45) is 0 Å². The lowest BCUT2D eigenvalue weighted by molar-refractivity contribution is -0.384. The van der Waals surface area contributed by atoms with Crippen molar-refractivity contribution in [3.63, 3.8) is 0 Å². The van der Waals surface area contributed by atoms with Gasteiger partial charge in [-0.05, 0) is 26.2 Å². The molecule has 1 aromatic heterocycles. The molecule has 1 saturated carbocycles. The fourth-order valence-corrected chi connectivity index (χ4v) is 2.19. The fourth-order valence-electron chi connectivity index (χ4n) is 2.19. The standard InChI is InChI=1S/C13H21N5O3/c1-3-5-14-13-15-8-11(18(19)20)12(17-13)16-9-6-10(7-9)21-4-2/h8-10H,3-7H2,1-2H3,(H2,14,15,16,17). The smallest absolute Gasteiger partial charge is 0.329 e. The second-order valence-electron chi connectivity index (χ2n) is 5.00. The molecule has 1 heterocycles. The molecule has 1 aliphatic carbocycles. The quantitative estimate of drug-likeness (QED) is 0.559. The van der Waals surface area contributed by atoms with Gasteiger partial charge in [-0.1, -0.05) is 6.92 Å². The first kappa shape index (κ1) is 15.4. The van der Waals surface area contributed by atoms with Gasteiger partial charge in [0, 0.05) is 19.2 Å². The summed E-state index contributed by atoms with van der Waals surface area (Å²) >= 11 is 0. The van der Waals surface area contributed by atoms with Crippen molar-refractivity contribution in [2.45, 2.75) is 45.3 Å². The predicted octanol–water partition coefficient (Wildman–Crippen LogP) is 2.19. The number of nitro groups is 1. The van der Waals surface area contributed by atoms with E-state index in [1.165, 1.54) is 6.20 Å². The zero-order valence-corrected chi connectivity index (χ0v) is 12.3. The molecule has 1 aliphatic rings. The Kier molecular flexibility index (Phi) is 5.26. The summed E-state index contributed by atoms with van der Waals surface area (Å²) in [4.78, 5) is 18.7. The number of hydrogen-bond acceptors (Lipinski definition) is 7. The zero-order chi connectivity index (χ0) is 15.2. The minimum Gasteiger partial charge on any atom is -0.378 e. The third-order valence-corrected chi connectivity index (χ3v) is 3.34. The summed E-state index contributed by atoms with van der Waals surface area (Å²) in [6.45, 7) is 5.41. The van der Waals surface area contributed by atoms with Gasteiger partial charge in [0.25, 0.3) is 0 Å². The normalized spacial score (nSPS) is 20.7. The van der Waals surface area contributed by atoms with Gasteiger partial charge < -0.3 is 15.4 Å². The molecule has 0 unspecified atom stereocenters. The van der Waals surface area contributed by atoms with E-state index in [1.54, 1.807) is 0 Å². The van der Waals surface area contributed by atoms with Crippen molar-refractivity contribution in [1.29, 1.82) is 0 Å². The van der Waals surface area contributed by atoms with Crippen LogP contribution in [0.2, 0.25) is 0 Å². The van der Waals surface area contributed by atoms with E-state index in [9.17, 15) is 10.1 Å². The van der Waals surface area contributed by atoms with Crippen molar-refractivity contribution in [1.82, 2.24) is 9.97 Å². The molecule has 8 heteroatoms. The third-order valence-electron chi connectivity index (χ3n) is 3.34. The van der Waals surface area contributed by atoms with Crippen molar-refractivity contribution < 1.29 is 9.66 Å². The summed E-state index contributed by atoms with van der Waals surface area (Å²) in [5.41, 5.74) is -0.100. The Labute approximate surface area is 123 Å². The highest BCUT2D eigenvalue weighted by Gasteiger charge is 2.31. The Morgan fingerprint density at radius 3 is 2.86 bits per heavy atom. The van der Waals surface area contributed by atoms with Crippen molar-refractivity contribution >= 4 is 17.5 Å². The van der Waals surface area contributed by atoms with Gasteiger partial charge in [-0.2, -0.15) is 4.98 Å². The van der Waals surface area contributed by atoms with E-state index in [2.05, 4.69) is 20.6 Å². The molecule has 2 N–H and O–H groups in total. The van der Waals surface area contributed by atoms with Crippen LogP contribution in [0.25, 0.3) is 0 Å². The molecule has 0 bridgehead atoms. The molecule has 0 aliphatic heterocycles. The lowest BCUT2D eigenvalue weighted by Gasteiger charge is -2.35. The Morgan fingerprint density at radius 1 is 1.48 bits per heavy atom. The van der Waals surface area contributed by atoms with Gasteiger partial charge in [-0.25, -0.2) is 4.98 Å². The van der Waals surface area contributed by atoms with Gasteiger partial charge in [-0.3, -0.25) is 10.1 Å². The van der Waals surface area contributed by atoms with E-state index >= 15 is 0 Å². The first-order valence-electron chi connectivity index (χ1n) is 7.27.